The summed E-state index contributed by atoms with van der Waals surface area (Å²) in [6, 6.07) is 13.4. The molecule has 6 nitrogen and oxygen atoms in total. The highest BCUT2D eigenvalue weighted by Gasteiger charge is 2.10. The average molecular weight is 420 g/mol. The second-order valence-corrected chi connectivity index (χ2v) is 7.52. The molecule has 2 aromatic carbocycles. The second-order valence-electron chi connectivity index (χ2n) is 7.52. The zero-order valence-corrected chi connectivity index (χ0v) is 18.5. The molecule has 0 aliphatic heterocycles. The number of hydrogen-bond acceptors (Lipinski definition) is 4. The van der Waals surface area contributed by atoms with E-state index in [0.29, 0.717) is 24.0 Å². The Morgan fingerprint density at radius 3 is 2.77 bits per heavy atom. The molecule has 0 aliphatic carbocycles. The smallest absolute Gasteiger partial charge is 0.262 e. The molecule has 1 aromatic heterocycles. The number of rotatable bonds is 9. The predicted molar refractivity (Wildman–Crippen MR) is 124 cm³/mol. The van der Waals surface area contributed by atoms with Gasteiger partial charge in [-0.1, -0.05) is 44.2 Å². The third-order valence-electron chi connectivity index (χ3n) is 4.73. The minimum Gasteiger partial charge on any atom is -0.493 e. The molecule has 3 aromatic rings. The lowest BCUT2D eigenvalue weighted by Gasteiger charge is -2.13. The number of carbonyl (C=O) groups is 1. The van der Waals surface area contributed by atoms with Crippen LogP contribution in [-0.2, 0) is 11.3 Å². The Balaban J connectivity index is 1.61. The summed E-state index contributed by atoms with van der Waals surface area (Å²) in [5.74, 6) is 2.27. The van der Waals surface area contributed by atoms with E-state index in [0.717, 1.165) is 22.6 Å². The normalized spacial score (nSPS) is 11.1. The summed E-state index contributed by atoms with van der Waals surface area (Å²) in [6.07, 6.45) is 7.72. The van der Waals surface area contributed by atoms with Crippen molar-refractivity contribution in [1.29, 1.82) is 0 Å². The van der Waals surface area contributed by atoms with Crippen LogP contribution in [0.2, 0.25) is 0 Å². The Labute approximate surface area is 183 Å². The molecule has 1 N–H and O–H groups in total. The van der Waals surface area contributed by atoms with Gasteiger partial charge in [-0.3, -0.25) is 4.79 Å². The molecule has 1 amide bonds. The van der Waals surface area contributed by atoms with E-state index in [2.05, 4.69) is 28.7 Å². The first-order valence-electron chi connectivity index (χ1n) is 10.3. The zero-order chi connectivity index (χ0) is 22.2. The molecule has 1 heterocycles. The van der Waals surface area contributed by atoms with Crippen LogP contribution in [0.4, 0.5) is 5.69 Å². The van der Waals surface area contributed by atoms with Gasteiger partial charge >= 0.3 is 0 Å². The van der Waals surface area contributed by atoms with E-state index in [4.69, 9.17) is 9.47 Å². The van der Waals surface area contributed by atoms with Crippen molar-refractivity contribution < 1.29 is 14.3 Å². The fourth-order valence-corrected chi connectivity index (χ4v) is 3.34. The number of allylic oxidation sites excluding steroid dienone is 1. The largest absolute Gasteiger partial charge is 0.493 e. The molecule has 0 fully saturated rings. The fourth-order valence-electron chi connectivity index (χ4n) is 3.34. The number of nitrogens with zero attached hydrogens (tertiary/aromatic N) is 2. The number of nitrogens with one attached hydrogen (secondary N) is 1. The van der Waals surface area contributed by atoms with Crippen molar-refractivity contribution in [3.05, 3.63) is 77.9 Å². The first-order valence-corrected chi connectivity index (χ1v) is 10.3. The Kier molecular flexibility index (Phi) is 7.49. The Morgan fingerprint density at radius 2 is 2.03 bits per heavy atom. The van der Waals surface area contributed by atoms with E-state index in [1.165, 1.54) is 0 Å². The summed E-state index contributed by atoms with van der Waals surface area (Å²) in [7, 11) is 1.58. The number of anilines is 1. The Morgan fingerprint density at radius 1 is 1.19 bits per heavy atom. The van der Waals surface area contributed by atoms with Gasteiger partial charge in [-0.05, 0) is 42.3 Å². The van der Waals surface area contributed by atoms with E-state index in [1.807, 2.05) is 67.9 Å². The summed E-state index contributed by atoms with van der Waals surface area (Å²) in [5.41, 5.74) is 2.82. The van der Waals surface area contributed by atoms with Gasteiger partial charge < -0.3 is 19.4 Å². The van der Waals surface area contributed by atoms with Crippen molar-refractivity contribution in [2.75, 3.05) is 19.0 Å². The van der Waals surface area contributed by atoms with E-state index in [9.17, 15) is 4.79 Å². The summed E-state index contributed by atoms with van der Waals surface area (Å²) >= 11 is 0. The van der Waals surface area contributed by atoms with Crippen LogP contribution in [0.25, 0.3) is 6.08 Å². The lowest BCUT2D eigenvalue weighted by atomic mass is 10.1. The quantitative estimate of drug-likeness (QED) is 0.523. The van der Waals surface area contributed by atoms with Gasteiger partial charge in [-0.15, -0.1) is 0 Å². The maximum absolute atomic E-state index is 12.4. The summed E-state index contributed by atoms with van der Waals surface area (Å²) in [6.45, 7) is 6.79. The molecule has 6 heteroatoms. The van der Waals surface area contributed by atoms with Gasteiger partial charge in [0.15, 0.2) is 18.1 Å². The predicted octanol–water partition coefficient (Wildman–Crippen LogP) is 5.11. The lowest BCUT2D eigenvalue weighted by Crippen LogP contribution is -2.20. The molecule has 3 rings (SSSR count). The molecule has 31 heavy (non-hydrogen) atoms. The number of imidazole rings is 1. The van der Waals surface area contributed by atoms with Crippen LogP contribution in [0.5, 0.6) is 11.5 Å². The van der Waals surface area contributed by atoms with Crippen LogP contribution in [0, 0.1) is 0 Å². The molecule has 162 valence electrons. The highest BCUT2D eigenvalue weighted by atomic mass is 16.5. The summed E-state index contributed by atoms with van der Waals surface area (Å²) < 4.78 is 13.2. The van der Waals surface area contributed by atoms with Crippen LogP contribution in [0.3, 0.4) is 0 Å². The van der Waals surface area contributed by atoms with Crippen LogP contribution in [-0.4, -0.2) is 29.2 Å². The molecular formula is C25H29N3O3. The van der Waals surface area contributed by atoms with Crippen molar-refractivity contribution in [3.8, 4) is 11.5 Å². The molecule has 0 aliphatic rings. The van der Waals surface area contributed by atoms with Crippen LogP contribution < -0.4 is 14.8 Å². The van der Waals surface area contributed by atoms with Crippen molar-refractivity contribution in [2.24, 2.45) is 0 Å². The third kappa shape index (κ3) is 5.98. The Hall–Kier alpha value is -3.54. The van der Waals surface area contributed by atoms with Gasteiger partial charge in [0.25, 0.3) is 5.91 Å². The van der Waals surface area contributed by atoms with Crippen molar-refractivity contribution in [3.63, 3.8) is 0 Å². The number of benzene rings is 2. The van der Waals surface area contributed by atoms with Gasteiger partial charge in [0.2, 0.25) is 0 Å². The van der Waals surface area contributed by atoms with E-state index in [-0.39, 0.29) is 12.5 Å². The monoisotopic (exact) mass is 419 g/mol. The van der Waals surface area contributed by atoms with Gasteiger partial charge in [-0.2, -0.15) is 0 Å². The van der Waals surface area contributed by atoms with Crippen LogP contribution >= 0.6 is 0 Å². The minimum atomic E-state index is -0.234. The van der Waals surface area contributed by atoms with Crippen molar-refractivity contribution in [2.45, 2.75) is 33.2 Å². The third-order valence-corrected chi connectivity index (χ3v) is 4.73. The minimum absolute atomic E-state index is 0.109. The highest BCUT2D eigenvalue weighted by Crippen LogP contribution is 2.28. The molecular weight excluding hydrogens is 390 g/mol. The topological polar surface area (TPSA) is 65.4 Å². The highest BCUT2D eigenvalue weighted by molar-refractivity contribution is 5.92. The first kappa shape index (κ1) is 22.2. The number of aromatic nitrogens is 2. The number of ether oxygens (including phenoxy) is 2. The number of amides is 1. The summed E-state index contributed by atoms with van der Waals surface area (Å²) in [5, 5.41) is 2.90. The van der Waals surface area contributed by atoms with Crippen molar-refractivity contribution >= 4 is 17.7 Å². The molecule has 0 spiro atoms. The number of carbonyl (C=O) groups excluding carboxylic acids is 1. The lowest BCUT2D eigenvalue weighted by molar-refractivity contribution is -0.118. The molecule has 0 saturated carbocycles. The summed E-state index contributed by atoms with van der Waals surface area (Å²) in [4.78, 5) is 16.9. The van der Waals surface area contributed by atoms with Gasteiger partial charge in [0.1, 0.15) is 5.82 Å². The van der Waals surface area contributed by atoms with E-state index < -0.39 is 0 Å². The van der Waals surface area contributed by atoms with Gasteiger partial charge in [0, 0.05) is 30.5 Å². The standard InChI is InChI=1S/C25H29N3O3/c1-5-7-19-10-11-22(23(15-19)30-4)31-17-24(29)27-21-9-6-8-20(14-21)16-28-13-12-26-25(28)18(2)3/h5-15,18H,16-17H2,1-4H3,(H,27,29). The SMILES string of the molecule is CC=Cc1ccc(OCC(=O)Nc2cccc(Cn3ccnc3C(C)C)c2)c(OC)c1. The Bertz CT molecular complexity index is 1050. The van der Waals surface area contributed by atoms with E-state index in [1.54, 1.807) is 13.2 Å². The van der Waals surface area contributed by atoms with Gasteiger partial charge in [-0.25, -0.2) is 4.98 Å². The molecule has 0 atom stereocenters. The maximum atomic E-state index is 12.4. The molecule has 0 bridgehead atoms. The molecule has 0 radical (unpaired) electrons. The van der Waals surface area contributed by atoms with Gasteiger partial charge in [0.05, 0.1) is 7.11 Å². The molecule has 0 unspecified atom stereocenters. The number of methoxy groups -OCH3 is 1. The first-order chi connectivity index (χ1) is 15.0. The number of hydrogen-bond donors (Lipinski definition) is 1. The second kappa shape index (κ2) is 10.5. The fraction of sp³-hybridized carbons (Fsp3) is 0.280. The molecule has 0 saturated heterocycles. The average Bonchev–Trinajstić information content (AvgIpc) is 3.21. The van der Waals surface area contributed by atoms with E-state index >= 15 is 0 Å². The maximum Gasteiger partial charge on any atom is 0.262 e. The zero-order valence-electron chi connectivity index (χ0n) is 18.5. The van der Waals surface area contributed by atoms with Crippen LogP contribution in [0.15, 0.2) is 60.9 Å². The van der Waals surface area contributed by atoms with Crippen LogP contribution in [0.1, 0.15) is 43.6 Å². The van der Waals surface area contributed by atoms with Crippen molar-refractivity contribution in [1.82, 2.24) is 9.55 Å².